The van der Waals surface area contributed by atoms with Crippen molar-refractivity contribution in [1.29, 1.82) is 0 Å². The molecule has 1 N–H and O–H groups in total. The predicted molar refractivity (Wildman–Crippen MR) is 108 cm³/mol. The van der Waals surface area contributed by atoms with Gasteiger partial charge in [-0.15, -0.1) is 5.10 Å². The van der Waals surface area contributed by atoms with Crippen LogP contribution < -0.4 is 10.1 Å². The Morgan fingerprint density at radius 2 is 1.90 bits per heavy atom. The number of halogens is 1. The standard InChI is InChI=1S/C22H23FN4O2/c1-14(2)29-22-25-20(18-8-3-4-9-19(18)23)27(26-22)17-12-10-16(11-13-17)24-21(28)15-6-5-7-15/h3-4,8-15H,5-7H2,1-2H3,(H,24,28). The summed E-state index contributed by atoms with van der Waals surface area (Å²) >= 11 is 0. The Kier molecular flexibility index (Phi) is 5.29. The summed E-state index contributed by atoms with van der Waals surface area (Å²) in [7, 11) is 0. The van der Waals surface area contributed by atoms with Crippen LogP contribution in [0.25, 0.3) is 17.1 Å². The van der Waals surface area contributed by atoms with Crippen molar-refractivity contribution in [2.45, 2.75) is 39.2 Å². The van der Waals surface area contributed by atoms with Crippen molar-refractivity contribution in [3.63, 3.8) is 0 Å². The minimum Gasteiger partial charge on any atom is -0.460 e. The molecule has 4 rings (SSSR count). The Hall–Kier alpha value is -3.22. The van der Waals surface area contributed by atoms with E-state index in [-0.39, 0.29) is 29.8 Å². The number of amides is 1. The first-order valence-corrected chi connectivity index (χ1v) is 9.81. The minimum atomic E-state index is -0.387. The molecule has 150 valence electrons. The van der Waals surface area contributed by atoms with Crippen LogP contribution in [0.1, 0.15) is 33.1 Å². The van der Waals surface area contributed by atoms with Crippen molar-refractivity contribution in [2.75, 3.05) is 5.32 Å². The van der Waals surface area contributed by atoms with Gasteiger partial charge in [0.1, 0.15) is 5.82 Å². The van der Waals surface area contributed by atoms with Crippen molar-refractivity contribution >= 4 is 11.6 Å². The van der Waals surface area contributed by atoms with Crippen molar-refractivity contribution in [3.8, 4) is 23.1 Å². The van der Waals surface area contributed by atoms with Crippen LogP contribution in [0.15, 0.2) is 48.5 Å². The smallest absolute Gasteiger partial charge is 0.336 e. The first kappa shape index (κ1) is 19.1. The Labute approximate surface area is 168 Å². The zero-order chi connectivity index (χ0) is 20.4. The topological polar surface area (TPSA) is 69.0 Å². The van der Waals surface area contributed by atoms with Gasteiger partial charge in [-0.1, -0.05) is 18.6 Å². The number of hydrogen-bond donors (Lipinski definition) is 1. The summed E-state index contributed by atoms with van der Waals surface area (Å²) in [5.41, 5.74) is 1.74. The van der Waals surface area contributed by atoms with Gasteiger partial charge in [0.25, 0.3) is 0 Å². The van der Waals surface area contributed by atoms with E-state index >= 15 is 0 Å². The van der Waals surface area contributed by atoms with Crippen LogP contribution in [-0.2, 0) is 4.79 Å². The predicted octanol–water partition coefficient (Wildman–Crippen LogP) is 4.60. The van der Waals surface area contributed by atoms with Gasteiger partial charge in [-0.2, -0.15) is 4.98 Å². The van der Waals surface area contributed by atoms with E-state index in [4.69, 9.17) is 4.74 Å². The van der Waals surface area contributed by atoms with E-state index in [0.717, 1.165) is 24.9 Å². The molecule has 1 heterocycles. The van der Waals surface area contributed by atoms with Gasteiger partial charge in [-0.25, -0.2) is 9.07 Å². The number of carbonyl (C=O) groups is 1. The highest BCUT2D eigenvalue weighted by molar-refractivity contribution is 5.93. The van der Waals surface area contributed by atoms with Crippen LogP contribution in [-0.4, -0.2) is 26.8 Å². The third-order valence-corrected chi connectivity index (χ3v) is 4.90. The van der Waals surface area contributed by atoms with Gasteiger partial charge < -0.3 is 10.1 Å². The lowest BCUT2D eigenvalue weighted by atomic mass is 9.85. The SMILES string of the molecule is CC(C)Oc1nc(-c2ccccc2F)n(-c2ccc(NC(=O)C3CCC3)cc2)n1. The molecule has 6 nitrogen and oxygen atoms in total. The summed E-state index contributed by atoms with van der Waals surface area (Å²) in [6.45, 7) is 3.76. The number of benzene rings is 2. The van der Waals surface area contributed by atoms with Crippen molar-refractivity contribution in [1.82, 2.24) is 14.8 Å². The molecule has 1 aromatic heterocycles. The summed E-state index contributed by atoms with van der Waals surface area (Å²) in [6, 6.07) is 13.8. The molecule has 1 amide bonds. The first-order chi connectivity index (χ1) is 14.0. The molecule has 7 heteroatoms. The Morgan fingerprint density at radius 3 is 2.52 bits per heavy atom. The lowest BCUT2D eigenvalue weighted by Gasteiger charge is -2.24. The van der Waals surface area contributed by atoms with E-state index in [0.29, 0.717) is 17.1 Å². The fourth-order valence-electron chi connectivity index (χ4n) is 3.15. The van der Waals surface area contributed by atoms with Crippen molar-refractivity contribution < 1.29 is 13.9 Å². The maximum atomic E-state index is 14.4. The number of carbonyl (C=O) groups excluding carboxylic acids is 1. The van der Waals surface area contributed by atoms with E-state index in [1.165, 1.54) is 6.07 Å². The molecule has 1 aliphatic carbocycles. The molecule has 0 radical (unpaired) electrons. The zero-order valence-corrected chi connectivity index (χ0v) is 16.4. The third kappa shape index (κ3) is 4.13. The van der Waals surface area contributed by atoms with Gasteiger partial charge in [-0.05, 0) is 63.1 Å². The lowest BCUT2D eigenvalue weighted by Crippen LogP contribution is -2.27. The molecular formula is C22H23FN4O2. The van der Waals surface area contributed by atoms with Crippen LogP contribution in [0.5, 0.6) is 6.01 Å². The highest BCUT2D eigenvalue weighted by atomic mass is 19.1. The minimum absolute atomic E-state index is 0.0596. The molecule has 1 saturated carbocycles. The van der Waals surface area contributed by atoms with E-state index in [9.17, 15) is 9.18 Å². The number of aromatic nitrogens is 3. The fourth-order valence-corrected chi connectivity index (χ4v) is 3.15. The summed E-state index contributed by atoms with van der Waals surface area (Å²) in [4.78, 5) is 16.5. The van der Waals surface area contributed by atoms with Gasteiger partial charge in [0, 0.05) is 11.6 Å². The van der Waals surface area contributed by atoms with Gasteiger partial charge in [-0.3, -0.25) is 4.79 Å². The second kappa shape index (κ2) is 8.03. The highest BCUT2D eigenvalue weighted by Crippen LogP contribution is 2.29. The highest BCUT2D eigenvalue weighted by Gasteiger charge is 2.25. The monoisotopic (exact) mass is 394 g/mol. The molecular weight excluding hydrogens is 371 g/mol. The second-order valence-corrected chi connectivity index (χ2v) is 7.44. The van der Waals surface area contributed by atoms with Crippen molar-refractivity contribution in [2.24, 2.45) is 5.92 Å². The molecule has 2 aromatic carbocycles. The van der Waals surface area contributed by atoms with E-state index < -0.39 is 0 Å². The normalized spacial score (nSPS) is 13.9. The van der Waals surface area contributed by atoms with Crippen LogP contribution in [0.4, 0.5) is 10.1 Å². The molecule has 0 aliphatic heterocycles. The van der Waals surface area contributed by atoms with Gasteiger partial charge in [0.2, 0.25) is 5.91 Å². The molecule has 0 saturated heterocycles. The molecule has 0 unspecified atom stereocenters. The summed E-state index contributed by atoms with van der Waals surface area (Å²) in [6.07, 6.45) is 2.91. The van der Waals surface area contributed by atoms with Crippen LogP contribution in [0.3, 0.4) is 0 Å². The first-order valence-electron chi connectivity index (χ1n) is 9.81. The molecule has 0 bridgehead atoms. The van der Waals surface area contributed by atoms with Crippen molar-refractivity contribution in [3.05, 3.63) is 54.3 Å². The number of ether oxygens (including phenoxy) is 1. The number of nitrogens with one attached hydrogen (secondary N) is 1. The lowest BCUT2D eigenvalue weighted by molar-refractivity contribution is -0.122. The molecule has 29 heavy (non-hydrogen) atoms. The Morgan fingerprint density at radius 1 is 1.17 bits per heavy atom. The largest absolute Gasteiger partial charge is 0.460 e. The molecule has 3 aromatic rings. The van der Waals surface area contributed by atoms with E-state index in [2.05, 4.69) is 15.4 Å². The van der Waals surface area contributed by atoms with Crippen LogP contribution >= 0.6 is 0 Å². The van der Waals surface area contributed by atoms with Crippen LogP contribution in [0, 0.1) is 11.7 Å². The Bertz CT molecular complexity index is 1010. The zero-order valence-electron chi connectivity index (χ0n) is 16.4. The number of hydrogen-bond acceptors (Lipinski definition) is 4. The maximum absolute atomic E-state index is 14.4. The van der Waals surface area contributed by atoms with Crippen LogP contribution in [0.2, 0.25) is 0 Å². The third-order valence-electron chi connectivity index (χ3n) is 4.90. The quantitative estimate of drug-likeness (QED) is 0.663. The second-order valence-electron chi connectivity index (χ2n) is 7.44. The maximum Gasteiger partial charge on any atom is 0.336 e. The van der Waals surface area contributed by atoms with Gasteiger partial charge >= 0.3 is 6.01 Å². The summed E-state index contributed by atoms with van der Waals surface area (Å²) in [5, 5.41) is 7.35. The average molecular weight is 394 g/mol. The molecule has 0 atom stereocenters. The summed E-state index contributed by atoms with van der Waals surface area (Å²) in [5.74, 6) is 0.143. The van der Waals surface area contributed by atoms with Gasteiger partial charge in [0.05, 0.1) is 17.4 Å². The Balaban J connectivity index is 1.65. The molecule has 1 aliphatic rings. The van der Waals surface area contributed by atoms with E-state index in [1.807, 2.05) is 38.1 Å². The molecule has 1 fully saturated rings. The average Bonchev–Trinajstić information content (AvgIpc) is 3.04. The molecule has 0 spiro atoms. The van der Waals surface area contributed by atoms with E-state index in [1.54, 1.807) is 22.9 Å². The van der Waals surface area contributed by atoms with Gasteiger partial charge in [0.15, 0.2) is 5.82 Å². The number of nitrogens with zero attached hydrogens (tertiary/aromatic N) is 3. The summed E-state index contributed by atoms with van der Waals surface area (Å²) < 4.78 is 21.6. The fraction of sp³-hybridized carbons (Fsp3) is 0.318. The number of anilines is 1. The number of rotatable bonds is 6.